The lowest BCUT2D eigenvalue weighted by Crippen LogP contribution is -2.37. The first kappa shape index (κ1) is 13.7. The summed E-state index contributed by atoms with van der Waals surface area (Å²) in [5.41, 5.74) is 0.988. The maximum Gasteiger partial charge on any atom is 0.134 e. The minimum Gasteiger partial charge on any atom is -0.459 e. The molecule has 0 aliphatic heterocycles. The molecule has 1 fully saturated rings. The van der Waals surface area contributed by atoms with Crippen molar-refractivity contribution in [1.82, 2.24) is 5.32 Å². The predicted molar refractivity (Wildman–Crippen MR) is 83.7 cm³/mol. The number of para-hydroxylation sites is 1. The van der Waals surface area contributed by atoms with Crippen LogP contribution in [0.1, 0.15) is 51.8 Å². The van der Waals surface area contributed by atoms with E-state index in [0.717, 1.165) is 23.2 Å². The van der Waals surface area contributed by atoms with Gasteiger partial charge in [0.1, 0.15) is 11.3 Å². The molecular weight excluding hydrogens is 246 g/mol. The van der Waals surface area contributed by atoms with Gasteiger partial charge in [0, 0.05) is 11.4 Å². The fourth-order valence-corrected chi connectivity index (χ4v) is 3.73. The van der Waals surface area contributed by atoms with Crippen molar-refractivity contribution in [3.05, 3.63) is 36.1 Å². The van der Waals surface area contributed by atoms with Crippen LogP contribution in [0.3, 0.4) is 0 Å². The molecule has 2 heteroatoms. The van der Waals surface area contributed by atoms with Crippen LogP contribution in [0.15, 0.2) is 34.7 Å². The number of hydrogen-bond donors (Lipinski definition) is 1. The Morgan fingerprint density at radius 3 is 2.50 bits per heavy atom. The molecule has 0 saturated heterocycles. The second-order valence-electron chi connectivity index (χ2n) is 6.69. The van der Waals surface area contributed by atoms with Crippen molar-refractivity contribution in [1.29, 1.82) is 0 Å². The molecule has 1 aliphatic rings. The van der Waals surface area contributed by atoms with E-state index in [4.69, 9.17) is 4.42 Å². The summed E-state index contributed by atoms with van der Waals surface area (Å²) in [5, 5.41) is 4.96. The predicted octanol–water partition coefficient (Wildman–Crippen LogP) is 4.91. The first-order valence-electron chi connectivity index (χ1n) is 7.86. The molecule has 1 heterocycles. The van der Waals surface area contributed by atoms with Crippen molar-refractivity contribution in [2.24, 2.45) is 11.8 Å². The van der Waals surface area contributed by atoms with Crippen LogP contribution in [0.5, 0.6) is 0 Å². The van der Waals surface area contributed by atoms with Crippen molar-refractivity contribution in [2.45, 2.75) is 52.1 Å². The number of rotatable bonds is 3. The van der Waals surface area contributed by atoms with Gasteiger partial charge in [0.25, 0.3) is 0 Å². The van der Waals surface area contributed by atoms with Gasteiger partial charge in [0.2, 0.25) is 0 Å². The average molecular weight is 271 g/mol. The zero-order valence-corrected chi connectivity index (χ0v) is 12.7. The van der Waals surface area contributed by atoms with Crippen LogP contribution in [0.4, 0.5) is 0 Å². The van der Waals surface area contributed by atoms with Crippen LogP contribution in [-0.2, 0) is 0 Å². The Bertz CT molecular complexity index is 531. The molecule has 1 N–H and O–H groups in total. The zero-order valence-electron chi connectivity index (χ0n) is 12.7. The van der Waals surface area contributed by atoms with Gasteiger partial charge >= 0.3 is 0 Å². The first-order chi connectivity index (χ1) is 9.61. The number of furan rings is 1. The van der Waals surface area contributed by atoms with E-state index >= 15 is 0 Å². The zero-order chi connectivity index (χ0) is 14.1. The summed E-state index contributed by atoms with van der Waals surface area (Å²) >= 11 is 0. The third-order valence-electron chi connectivity index (χ3n) is 4.54. The van der Waals surface area contributed by atoms with E-state index < -0.39 is 0 Å². The molecule has 1 aromatic heterocycles. The molecule has 2 aromatic rings. The Kier molecular flexibility index (Phi) is 3.84. The molecular formula is C18H25NO. The van der Waals surface area contributed by atoms with E-state index in [2.05, 4.69) is 44.3 Å². The van der Waals surface area contributed by atoms with Crippen LogP contribution in [-0.4, -0.2) is 6.04 Å². The minimum atomic E-state index is 0.282. The monoisotopic (exact) mass is 271 g/mol. The van der Waals surface area contributed by atoms with Crippen LogP contribution in [0, 0.1) is 11.8 Å². The van der Waals surface area contributed by atoms with E-state index in [-0.39, 0.29) is 6.04 Å². The summed E-state index contributed by atoms with van der Waals surface area (Å²) in [7, 11) is 0. The van der Waals surface area contributed by atoms with Crippen LogP contribution in [0.25, 0.3) is 11.0 Å². The third kappa shape index (κ3) is 2.90. The Morgan fingerprint density at radius 1 is 1.10 bits per heavy atom. The lowest BCUT2D eigenvalue weighted by molar-refractivity contribution is 0.223. The van der Waals surface area contributed by atoms with Crippen molar-refractivity contribution in [3.8, 4) is 0 Å². The minimum absolute atomic E-state index is 0.282. The highest BCUT2D eigenvalue weighted by molar-refractivity contribution is 5.77. The maximum atomic E-state index is 5.96. The summed E-state index contributed by atoms with van der Waals surface area (Å²) in [6.07, 6.45) is 3.95. The highest BCUT2D eigenvalue weighted by Crippen LogP contribution is 2.31. The summed E-state index contributed by atoms with van der Waals surface area (Å²) in [6.45, 7) is 6.95. The topological polar surface area (TPSA) is 25.2 Å². The normalized spacial score (nSPS) is 28.6. The van der Waals surface area contributed by atoms with E-state index in [1.165, 1.54) is 24.6 Å². The van der Waals surface area contributed by atoms with Crippen molar-refractivity contribution in [2.75, 3.05) is 0 Å². The first-order valence-corrected chi connectivity index (χ1v) is 7.86. The second-order valence-corrected chi connectivity index (χ2v) is 6.69. The highest BCUT2D eigenvalue weighted by Gasteiger charge is 2.25. The molecule has 0 amide bonds. The second kappa shape index (κ2) is 5.61. The fourth-order valence-electron chi connectivity index (χ4n) is 3.73. The molecule has 1 aromatic carbocycles. The molecule has 1 saturated carbocycles. The molecule has 20 heavy (non-hydrogen) atoms. The Labute approximate surface area is 121 Å². The van der Waals surface area contributed by atoms with Gasteiger partial charge in [-0.2, -0.15) is 0 Å². The Balaban J connectivity index is 1.70. The average Bonchev–Trinajstić information content (AvgIpc) is 2.81. The lowest BCUT2D eigenvalue weighted by atomic mass is 9.80. The molecule has 2 nitrogen and oxygen atoms in total. The maximum absolute atomic E-state index is 5.96. The number of benzene rings is 1. The van der Waals surface area contributed by atoms with Gasteiger partial charge in [-0.1, -0.05) is 32.0 Å². The Morgan fingerprint density at radius 2 is 1.80 bits per heavy atom. The molecule has 3 atom stereocenters. The van der Waals surface area contributed by atoms with Gasteiger partial charge < -0.3 is 9.73 Å². The fraction of sp³-hybridized carbons (Fsp3) is 0.556. The lowest BCUT2D eigenvalue weighted by Gasteiger charge is -2.33. The van der Waals surface area contributed by atoms with E-state index in [0.29, 0.717) is 6.04 Å². The number of fused-ring (bicyclic) bond motifs is 1. The molecule has 3 unspecified atom stereocenters. The molecule has 0 spiro atoms. The summed E-state index contributed by atoms with van der Waals surface area (Å²) < 4.78 is 5.96. The van der Waals surface area contributed by atoms with Crippen molar-refractivity contribution >= 4 is 11.0 Å². The molecule has 0 bridgehead atoms. The standard InChI is InChI=1S/C18H25NO/c1-12-8-13(2)10-16(9-12)19-14(3)18-11-15-6-4-5-7-17(15)20-18/h4-7,11-14,16,19H,8-10H2,1-3H3. The van der Waals surface area contributed by atoms with E-state index in [1.807, 2.05) is 12.1 Å². The summed E-state index contributed by atoms with van der Waals surface area (Å²) in [4.78, 5) is 0. The van der Waals surface area contributed by atoms with Crippen molar-refractivity contribution < 1.29 is 4.42 Å². The summed E-state index contributed by atoms with van der Waals surface area (Å²) in [5.74, 6) is 2.72. The van der Waals surface area contributed by atoms with Crippen LogP contribution in [0.2, 0.25) is 0 Å². The van der Waals surface area contributed by atoms with Gasteiger partial charge in [-0.15, -0.1) is 0 Å². The van der Waals surface area contributed by atoms with E-state index in [9.17, 15) is 0 Å². The SMILES string of the molecule is CC1CC(C)CC(NC(C)c2cc3ccccc3o2)C1. The van der Waals surface area contributed by atoms with Gasteiger partial charge in [-0.05, 0) is 50.2 Å². The molecule has 0 radical (unpaired) electrons. The van der Waals surface area contributed by atoms with Gasteiger partial charge in [0.05, 0.1) is 6.04 Å². The highest BCUT2D eigenvalue weighted by atomic mass is 16.3. The smallest absolute Gasteiger partial charge is 0.134 e. The quantitative estimate of drug-likeness (QED) is 0.858. The molecule has 1 aliphatic carbocycles. The van der Waals surface area contributed by atoms with Gasteiger partial charge in [0.15, 0.2) is 0 Å². The number of nitrogens with one attached hydrogen (secondary N) is 1. The molecule has 108 valence electrons. The number of hydrogen-bond acceptors (Lipinski definition) is 2. The largest absolute Gasteiger partial charge is 0.459 e. The molecule has 3 rings (SSSR count). The van der Waals surface area contributed by atoms with Crippen molar-refractivity contribution in [3.63, 3.8) is 0 Å². The van der Waals surface area contributed by atoms with Crippen LogP contribution < -0.4 is 5.32 Å². The van der Waals surface area contributed by atoms with E-state index in [1.54, 1.807) is 0 Å². The van der Waals surface area contributed by atoms with Gasteiger partial charge in [-0.25, -0.2) is 0 Å². The van der Waals surface area contributed by atoms with Crippen LogP contribution >= 0.6 is 0 Å². The Hall–Kier alpha value is -1.28. The van der Waals surface area contributed by atoms with Gasteiger partial charge in [-0.3, -0.25) is 0 Å². The third-order valence-corrected chi connectivity index (χ3v) is 4.54. The summed E-state index contributed by atoms with van der Waals surface area (Å²) in [6, 6.07) is 11.3.